The Labute approximate surface area is 91.2 Å². The number of amidine groups is 1. The standard InChI is InChI=1S/C9H11FN4O2/c1-14(5-8(11)13-16)9(15)6-2-7(10)4-12-3-6/h2-4,16H,5H2,1H3,(H2,11,13). The summed E-state index contributed by atoms with van der Waals surface area (Å²) in [6.45, 7) is -0.0498. The molecule has 0 bridgehead atoms. The molecule has 86 valence electrons. The van der Waals surface area contributed by atoms with Crippen molar-refractivity contribution < 1.29 is 14.4 Å². The molecule has 0 saturated carbocycles. The first kappa shape index (κ1) is 11.9. The average Bonchev–Trinajstić information content (AvgIpc) is 2.27. The summed E-state index contributed by atoms with van der Waals surface area (Å²) in [4.78, 5) is 16.4. The highest BCUT2D eigenvalue weighted by Crippen LogP contribution is 2.04. The number of hydrogen-bond acceptors (Lipinski definition) is 4. The number of halogens is 1. The van der Waals surface area contributed by atoms with Crippen molar-refractivity contribution in [2.24, 2.45) is 10.9 Å². The van der Waals surface area contributed by atoms with Crippen LogP contribution in [0.5, 0.6) is 0 Å². The molecule has 0 fully saturated rings. The summed E-state index contributed by atoms with van der Waals surface area (Å²) < 4.78 is 12.8. The Morgan fingerprint density at radius 2 is 2.38 bits per heavy atom. The first-order valence-electron chi connectivity index (χ1n) is 4.37. The van der Waals surface area contributed by atoms with Crippen molar-refractivity contribution in [3.63, 3.8) is 0 Å². The van der Waals surface area contributed by atoms with Crippen molar-refractivity contribution in [2.45, 2.75) is 0 Å². The Bertz CT molecular complexity index is 422. The highest BCUT2D eigenvalue weighted by molar-refractivity contribution is 5.96. The van der Waals surface area contributed by atoms with Gasteiger partial charge in [0.1, 0.15) is 5.82 Å². The van der Waals surface area contributed by atoms with Crippen LogP contribution >= 0.6 is 0 Å². The van der Waals surface area contributed by atoms with Crippen LogP contribution in [0.25, 0.3) is 0 Å². The summed E-state index contributed by atoms with van der Waals surface area (Å²) in [5, 5.41) is 11.1. The van der Waals surface area contributed by atoms with E-state index < -0.39 is 11.7 Å². The van der Waals surface area contributed by atoms with Crippen LogP contribution in [0.3, 0.4) is 0 Å². The minimum absolute atomic E-state index is 0.0498. The smallest absolute Gasteiger partial charge is 0.255 e. The number of nitrogens with two attached hydrogens (primary N) is 1. The number of likely N-dealkylation sites (N-methyl/N-ethyl adjacent to an activating group) is 1. The lowest BCUT2D eigenvalue weighted by Crippen LogP contribution is -2.35. The lowest BCUT2D eigenvalue weighted by Gasteiger charge is -2.15. The fourth-order valence-electron chi connectivity index (χ4n) is 1.10. The largest absolute Gasteiger partial charge is 0.409 e. The minimum atomic E-state index is -0.594. The molecule has 0 unspecified atom stereocenters. The van der Waals surface area contributed by atoms with Crippen molar-refractivity contribution in [1.29, 1.82) is 0 Å². The molecule has 16 heavy (non-hydrogen) atoms. The molecule has 0 spiro atoms. The molecule has 3 N–H and O–H groups in total. The molecule has 0 saturated heterocycles. The van der Waals surface area contributed by atoms with Gasteiger partial charge in [-0.3, -0.25) is 9.78 Å². The highest BCUT2D eigenvalue weighted by Gasteiger charge is 2.13. The quantitative estimate of drug-likeness (QED) is 0.329. The second-order valence-corrected chi connectivity index (χ2v) is 3.14. The fourth-order valence-corrected chi connectivity index (χ4v) is 1.10. The molecule has 0 radical (unpaired) electrons. The molecule has 6 nitrogen and oxygen atoms in total. The Balaban J connectivity index is 2.78. The minimum Gasteiger partial charge on any atom is -0.409 e. The third-order valence-electron chi connectivity index (χ3n) is 1.83. The monoisotopic (exact) mass is 226 g/mol. The van der Waals surface area contributed by atoms with Gasteiger partial charge in [0.05, 0.1) is 18.3 Å². The predicted octanol–water partition coefficient (Wildman–Crippen LogP) is 0.0391. The lowest BCUT2D eigenvalue weighted by atomic mass is 10.2. The fraction of sp³-hybridized carbons (Fsp3) is 0.222. The lowest BCUT2D eigenvalue weighted by molar-refractivity contribution is 0.0812. The molecular formula is C9H11FN4O2. The Kier molecular flexibility index (Phi) is 3.76. The van der Waals surface area contributed by atoms with Crippen molar-refractivity contribution in [3.05, 3.63) is 29.8 Å². The van der Waals surface area contributed by atoms with Crippen molar-refractivity contribution in [3.8, 4) is 0 Å². The number of nitrogens with zero attached hydrogens (tertiary/aromatic N) is 3. The van der Waals surface area contributed by atoms with Crippen molar-refractivity contribution in [1.82, 2.24) is 9.88 Å². The van der Waals surface area contributed by atoms with E-state index in [2.05, 4.69) is 10.1 Å². The van der Waals surface area contributed by atoms with E-state index in [0.717, 1.165) is 12.3 Å². The zero-order chi connectivity index (χ0) is 12.1. The zero-order valence-corrected chi connectivity index (χ0v) is 8.59. The average molecular weight is 226 g/mol. The second-order valence-electron chi connectivity index (χ2n) is 3.14. The Hall–Kier alpha value is -2.18. The van der Waals surface area contributed by atoms with Crippen LogP contribution in [0.2, 0.25) is 0 Å². The van der Waals surface area contributed by atoms with E-state index in [4.69, 9.17) is 10.9 Å². The van der Waals surface area contributed by atoms with Gasteiger partial charge in [0.15, 0.2) is 5.84 Å². The van der Waals surface area contributed by atoms with Gasteiger partial charge in [-0.1, -0.05) is 5.16 Å². The van der Waals surface area contributed by atoms with E-state index in [1.54, 1.807) is 0 Å². The molecule has 0 aliphatic carbocycles. The van der Waals surface area contributed by atoms with Crippen LogP contribution in [0.15, 0.2) is 23.6 Å². The molecule has 1 rings (SSSR count). The predicted molar refractivity (Wildman–Crippen MR) is 54.6 cm³/mol. The number of pyridine rings is 1. The maximum Gasteiger partial charge on any atom is 0.255 e. The van der Waals surface area contributed by atoms with E-state index in [0.29, 0.717) is 0 Å². The van der Waals surface area contributed by atoms with Crippen LogP contribution in [0.4, 0.5) is 4.39 Å². The van der Waals surface area contributed by atoms with E-state index in [1.807, 2.05) is 0 Å². The van der Waals surface area contributed by atoms with E-state index in [1.165, 1.54) is 18.1 Å². The first-order chi connectivity index (χ1) is 7.54. The number of carbonyl (C=O) groups excluding carboxylic acids is 1. The van der Waals surface area contributed by atoms with Gasteiger partial charge in [0.2, 0.25) is 0 Å². The summed E-state index contributed by atoms with van der Waals surface area (Å²) in [5.74, 6) is -1.16. The maximum atomic E-state index is 12.8. The molecule has 0 aromatic carbocycles. The number of rotatable bonds is 3. The molecule has 7 heteroatoms. The van der Waals surface area contributed by atoms with Crippen molar-refractivity contribution in [2.75, 3.05) is 13.6 Å². The number of oxime groups is 1. The molecular weight excluding hydrogens is 215 g/mol. The second kappa shape index (κ2) is 5.06. The Morgan fingerprint density at radius 1 is 1.69 bits per heavy atom. The molecule has 1 aromatic heterocycles. The SMILES string of the molecule is CN(C/C(N)=N/O)C(=O)c1cncc(F)c1. The van der Waals surface area contributed by atoms with Crippen LogP contribution < -0.4 is 5.73 Å². The highest BCUT2D eigenvalue weighted by atomic mass is 19.1. The van der Waals surface area contributed by atoms with Gasteiger partial charge in [0.25, 0.3) is 5.91 Å². The zero-order valence-electron chi connectivity index (χ0n) is 8.59. The molecule has 1 aromatic rings. The van der Waals surface area contributed by atoms with Gasteiger partial charge < -0.3 is 15.8 Å². The number of aromatic nitrogens is 1. The van der Waals surface area contributed by atoms with E-state index in [9.17, 15) is 9.18 Å². The topological polar surface area (TPSA) is 91.8 Å². The third-order valence-corrected chi connectivity index (χ3v) is 1.83. The number of carbonyl (C=O) groups is 1. The number of amides is 1. The van der Waals surface area contributed by atoms with Gasteiger partial charge in [-0.15, -0.1) is 0 Å². The summed E-state index contributed by atoms with van der Waals surface area (Å²) in [6, 6.07) is 1.07. The summed E-state index contributed by atoms with van der Waals surface area (Å²) in [5.41, 5.74) is 5.34. The third kappa shape index (κ3) is 2.91. The van der Waals surface area contributed by atoms with Gasteiger partial charge in [-0.25, -0.2) is 4.39 Å². The maximum absolute atomic E-state index is 12.8. The molecule has 0 aliphatic heterocycles. The van der Waals surface area contributed by atoms with Gasteiger partial charge in [-0.2, -0.15) is 0 Å². The van der Waals surface area contributed by atoms with E-state index in [-0.39, 0.29) is 17.9 Å². The molecule has 1 amide bonds. The van der Waals surface area contributed by atoms with Crippen LogP contribution in [-0.2, 0) is 0 Å². The van der Waals surface area contributed by atoms with Crippen LogP contribution in [0, 0.1) is 5.82 Å². The number of hydrogen-bond donors (Lipinski definition) is 2. The molecule has 1 heterocycles. The summed E-state index contributed by atoms with van der Waals surface area (Å²) >= 11 is 0. The van der Waals surface area contributed by atoms with Crippen LogP contribution in [-0.4, -0.2) is 40.4 Å². The summed E-state index contributed by atoms with van der Waals surface area (Å²) in [7, 11) is 1.45. The van der Waals surface area contributed by atoms with Gasteiger partial charge in [-0.05, 0) is 6.07 Å². The summed E-state index contributed by atoms with van der Waals surface area (Å²) in [6.07, 6.45) is 2.24. The Morgan fingerprint density at radius 3 is 2.94 bits per heavy atom. The normalized spacial score (nSPS) is 11.2. The van der Waals surface area contributed by atoms with Gasteiger partial charge in [0, 0.05) is 13.2 Å². The molecule has 0 atom stereocenters. The van der Waals surface area contributed by atoms with Crippen LogP contribution in [0.1, 0.15) is 10.4 Å². The van der Waals surface area contributed by atoms with Crippen molar-refractivity contribution >= 4 is 11.7 Å². The first-order valence-corrected chi connectivity index (χ1v) is 4.37. The van der Waals surface area contributed by atoms with E-state index >= 15 is 0 Å². The van der Waals surface area contributed by atoms with Gasteiger partial charge >= 0.3 is 0 Å². The molecule has 0 aliphatic rings.